The molecule has 0 aliphatic carbocycles. The molecule has 3 rings (SSSR count). The minimum Gasteiger partial charge on any atom is -0.494 e. The molecule has 0 bridgehead atoms. The molecule has 2 aromatic rings. The van der Waals surface area contributed by atoms with Crippen LogP contribution >= 0.6 is 0 Å². The number of hydrogen-bond acceptors (Lipinski definition) is 2. The van der Waals surface area contributed by atoms with Crippen LogP contribution in [0.1, 0.15) is 49.9 Å². The van der Waals surface area contributed by atoms with Gasteiger partial charge in [0.15, 0.2) is 0 Å². The van der Waals surface area contributed by atoms with Gasteiger partial charge in [-0.25, -0.2) is 0 Å². The van der Waals surface area contributed by atoms with E-state index in [0.29, 0.717) is 6.04 Å². The lowest BCUT2D eigenvalue weighted by Crippen LogP contribution is -2.30. The molecule has 0 spiro atoms. The van der Waals surface area contributed by atoms with Crippen molar-refractivity contribution in [3.63, 3.8) is 0 Å². The van der Waals surface area contributed by atoms with Crippen LogP contribution in [0.2, 0.25) is 0 Å². The molecular weight excluding hydrogens is 270 g/mol. The summed E-state index contributed by atoms with van der Waals surface area (Å²) >= 11 is 0. The highest BCUT2D eigenvalue weighted by Crippen LogP contribution is 2.29. The molecule has 1 heterocycles. The zero-order valence-electron chi connectivity index (χ0n) is 13.9. The summed E-state index contributed by atoms with van der Waals surface area (Å²) < 4.78 is 5.65. The van der Waals surface area contributed by atoms with Crippen LogP contribution in [-0.2, 0) is 6.42 Å². The van der Waals surface area contributed by atoms with Gasteiger partial charge in [-0.05, 0) is 41.7 Å². The smallest absolute Gasteiger partial charge is 0.119 e. The summed E-state index contributed by atoms with van der Waals surface area (Å²) in [6.45, 7) is 7.94. The van der Waals surface area contributed by atoms with E-state index < -0.39 is 0 Å². The summed E-state index contributed by atoms with van der Waals surface area (Å²) in [4.78, 5) is 0. The minimum atomic E-state index is 0.306. The van der Waals surface area contributed by atoms with Gasteiger partial charge in [-0.1, -0.05) is 57.2 Å². The lowest BCUT2D eigenvalue weighted by molar-refractivity contribution is 0.317. The fourth-order valence-corrected chi connectivity index (χ4v) is 2.78. The predicted molar refractivity (Wildman–Crippen MR) is 93.6 cm³/mol. The summed E-state index contributed by atoms with van der Waals surface area (Å²) in [7, 11) is 0. The number of hydrogen-bond donors (Lipinski definition) is 1. The second-order valence-electron chi connectivity index (χ2n) is 5.25. The summed E-state index contributed by atoms with van der Waals surface area (Å²) in [5, 5.41) is 3.61. The van der Waals surface area contributed by atoms with Gasteiger partial charge >= 0.3 is 0 Å². The fraction of sp³-hybridized carbons (Fsp3) is 0.400. The molecule has 2 aromatic carbocycles. The third-order valence-electron chi connectivity index (χ3n) is 3.80. The molecular formula is C20H27NO. The molecule has 0 saturated heterocycles. The summed E-state index contributed by atoms with van der Waals surface area (Å²) in [6, 6.07) is 17.5. The molecule has 0 unspecified atom stereocenters. The van der Waals surface area contributed by atoms with Crippen molar-refractivity contribution in [1.82, 2.24) is 5.32 Å². The van der Waals surface area contributed by atoms with Crippen LogP contribution in [0.5, 0.6) is 5.75 Å². The Morgan fingerprint density at radius 2 is 1.77 bits per heavy atom. The Kier molecular flexibility index (Phi) is 6.47. The van der Waals surface area contributed by atoms with Gasteiger partial charge in [0.25, 0.3) is 0 Å². The molecule has 0 radical (unpaired) electrons. The fourth-order valence-electron chi connectivity index (χ4n) is 2.78. The monoisotopic (exact) mass is 297 g/mol. The molecule has 1 atom stereocenters. The average Bonchev–Trinajstić information content (AvgIpc) is 2.62. The number of ether oxygens (including phenoxy) is 1. The van der Waals surface area contributed by atoms with E-state index in [1.165, 1.54) is 16.7 Å². The SMILES string of the molecule is CC.CCCOc1ccc([C@@H]2NCCc3ccccc32)cc1. The zero-order chi connectivity index (χ0) is 15.8. The van der Waals surface area contributed by atoms with Crippen molar-refractivity contribution in [2.75, 3.05) is 13.2 Å². The molecule has 2 heteroatoms. The van der Waals surface area contributed by atoms with Crippen LogP contribution in [0.3, 0.4) is 0 Å². The highest BCUT2D eigenvalue weighted by atomic mass is 16.5. The Bertz CT molecular complexity index is 562. The minimum absolute atomic E-state index is 0.306. The first kappa shape index (κ1) is 16.6. The van der Waals surface area contributed by atoms with E-state index in [4.69, 9.17) is 4.74 Å². The first-order valence-corrected chi connectivity index (χ1v) is 8.42. The van der Waals surface area contributed by atoms with Gasteiger partial charge in [0, 0.05) is 6.54 Å². The van der Waals surface area contributed by atoms with E-state index in [-0.39, 0.29) is 0 Å². The van der Waals surface area contributed by atoms with Crippen LogP contribution < -0.4 is 10.1 Å². The normalized spacial score (nSPS) is 16.2. The van der Waals surface area contributed by atoms with Gasteiger partial charge in [-0.2, -0.15) is 0 Å². The molecule has 2 nitrogen and oxygen atoms in total. The Hall–Kier alpha value is -1.80. The maximum atomic E-state index is 5.65. The largest absolute Gasteiger partial charge is 0.494 e. The molecule has 0 amide bonds. The van der Waals surface area contributed by atoms with Crippen molar-refractivity contribution in [3.8, 4) is 5.75 Å². The highest BCUT2D eigenvalue weighted by Gasteiger charge is 2.20. The Balaban J connectivity index is 0.000000847. The van der Waals surface area contributed by atoms with Gasteiger partial charge < -0.3 is 10.1 Å². The maximum Gasteiger partial charge on any atom is 0.119 e. The molecule has 1 aliphatic heterocycles. The van der Waals surface area contributed by atoms with Gasteiger partial charge in [0.2, 0.25) is 0 Å². The first-order chi connectivity index (χ1) is 10.9. The van der Waals surface area contributed by atoms with E-state index in [1.807, 2.05) is 13.8 Å². The van der Waals surface area contributed by atoms with Crippen LogP contribution in [0.4, 0.5) is 0 Å². The lowest BCUT2D eigenvalue weighted by Gasteiger charge is -2.27. The number of fused-ring (bicyclic) bond motifs is 1. The Morgan fingerprint density at radius 3 is 2.50 bits per heavy atom. The van der Waals surface area contributed by atoms with E-state index in [1.54, 1.807) is 0 Å². The molecule has 0 aromatic heterocycles. The first-order valence-electron chi connectivity index (χ1n) is 8.42. The molecule has 118 valence electrons. The van der Waals surface area contributed by atoms with Crippen molar-refractivity contribution in [2.45, 2.75) is 39.7 Å². The second-order valence-corrected chi connectivity index (χ2v) is 5.25. The predicted octanol–water partition coefficient (Wildman–Crippen LogP) is 4.74. The van der Waals surface area contributed by atoms with E-state index in [2.05, 4.69) is 60.8 Å². The highest BCUT2D eigenvalue weighted by molar-refractivity contribution is 5.41. The van der Waals surface area contributed by atoms with Gasteiger partial charge in [-0.15, -0.1) is 0 Å². The van der Waals surface area contributed by atoms with E-state index in [0.717, 1.165) is 31.7 Å². The van der Waals surface area contributed by atoms with Crippen molar-refractivity contribution >= 4 is 0 Å². The van der Waals surface area contributed by atoms with Crippen molar-refractivity contribution < 1.29 is 4.74 Å². The van der Waals surface area contributed by atoms with Crippen LogP contribution in [0, 0.1) is 0 Å². The summed E-state index contributed by atoms with van der Waals surface area (Å²) in [5.74, 6) is 0.958. The van der Waals surface area contributed by atoms with E-state index >= 15 is 0 Å². The third kappa shape index (κ3) is 3.89. The maximum absolute atomic E-state index is 5.65. The van der Waals surface area contributed by atoms with Gasteiger partial charge in [0.05, 0.1) is 12.6 Å². The second kappa shape index (κ2) is 8.60. The van der Waals surface area contributed by atoms with E-state index in [9.17, 15) is 0 Å². The van der Waals surface area contributed by atoms with Crippen LogP contribution in [0.15, 0.2) is 48.5 Å². The van der Waals surface area contributed by atoms with Gasteiger partial charge in [0.1, 0.15) is 5.75 Å². The molecule has 0 fully saturated rings. The van der Waals surface area contributed by atoms with Crippen molar-refractivity contribution in [1.29, 1.82) is 0 Å². The molecule has 1 aliphatic rings. The average molecular weight is 297 g/mol. The van der Waals surface area contributed by atoms with Gasteiger partial charge in [-0.3, -0.25) is 0 Å². The van der Waals surface area contributed by atoms with Crippen molar-refractivity contribution in [2.24, 2.45) is 0 Å². The quantitative estimate of drug-likeness (QED) is 0.880. The zero-order valence-corrected chi connectivity index (χ0v) is 13.9. The van der Waals surface area contributed by atoms with Crippen molar-refractivity contribution in [3.05, 3.63) is 65.2 Å². The number of rotatable bonds is 4. The Labute approximate surface area is 134 Å². The molecule has 22 heavy (non-hydrogen) atoms. The summed E-state index contributed by atoms with van der Waals surface area (Å²) in [5.41, 5.74) is 4.17. The summed E-state index contributed by atoms with van der Waals surface area (Å²) in [6.07, 6.45) is 2.16. The molecule has 1 N–H and O–H groups in total. The topological polar surface area (TPSA) is 21.3 Å². The molecule has 0 saturated carbocycles. The van der Waals surface area contributed by atoms with Crippen LogP contribution in [0.25, 0.3) is 0 Å². The van der Waals surface area contributed by atoms with Crippen LogP contribution in [-0.4, -0.2) is 13.2 Å². The third-order valence-corrected chi connectivity index (χ3v) is 3.80. The number of benzene rings is 2. The Morgan fingerprint density at radius 1 is 1.05 bits per heavy atom. The lowest BCUT2D eigenvalue weighted by atomic mass is 9.90. The standard InChI is InChI=1S/C18H21NO.C2H6/c1-2-13-20-16-9-7-15(8-10-16)18-17-6-4-3-5-14(17)11-12-19-18;1-2/h3-10,18-19H,2,11-13H2,1H3;1-2H3/t18-;/m0./s1. The number of nitrogens with one attached hydrogen (secondary N) is 1.